The molecular weight excluding hydrogens is 266 g/mol. The number of anilines is 1. The monoisotopic (exact) mass is 289 g/mol. The van der Waals surface area contributed by atoms with Crippen molar-refractivity contribution >= 4 is 5.82 Å². The Hall–Kier alpha value is -1.95. The van der Waals surface area contributed by atoms with E-state index in [0.717, 1.165) is 29.9 Å². The van der Waals surface area contributed by atoms with Crippen LogP contribution in [-0.4, -0.2) is 33.9 Å². The highest BCUT2D eigenvalue weighted by atomic mass is 16.5. The Labute approximate surface area is 125 Å². The van der Waals surface area contributed by atoms with Crippen molar-refractivity contribution in [3.63, 3.8) is 0 Å². The van der Waals surface area contributed by atoms with Crippen LogP contribution < -0.4 is 5.32 Å². The molecule has 1 N–H and O–H groups in total. The topological polar surface area (TPSA) is 64.9 Å². The Morgan fingerprint density at radius 2 is 2.00 bits per heavy atom. The first-order valence-corrected chi connectivity index (χ1v) is 7.20. The Bertz CT molecular complexity index is 596. The zero-order valence-corrected chi connectivity index (χ0v) is 13.3. The number of nitrogens with one attached hydrogen (secondary N) is 1. The second kappa shape index (κ2) is 6.22. The molecule has 114 valence electrons. The van der Waals surface area contributed by atoms with Gasteiger partial charge in [-0.2, -0.15) is 5.10 Å². The summed E-state index contributed by atoms with van der Waals surface area (Å²) >= 11 is 0. The molecular formula is C15H23N5O. The van der Waals surface area contributed by atoms with Crippen LogP contribution in [0.4, 0.5) is 5.82 Å². The maximum absolute atomic E-state index is 5.74. The van der Waals surface area contributed by atoms with E-state index in [1.807, 2.05) is 26.4 Å². The number of ether oxygens (including phenoxy) is 1. The number of methoxy groups -OCH3 is 1. The average Bonchev–Trinajstić information content (AvgIpc) is 2.96. The molecule has 0 aromatic carbocycles. The molecule has 0 saturated carbocycles. The van der Waals surface area contributed by atoms with Crippen LogP contribution in [0.5, 0.6) is 0 Å². The fourth-order valence-corrected chi connectivity index (χ4v) is 2.43. The van der Waals surface area contributed by atoms with Gasteiger partial charge in [-0.1, -0.05) is 13.8 Å². The molecule has 2 rings (SSSR count). The fourth-order valence-electron chi connectivity index (χ4n) is 2.43. The van der Waals surface area contributed by atoms with Crippen molar-refractivity contribution in [1.82, 2.24) is 19.7 Å². The highest BCUT2D eigenvalue weighted by Gasteiger charge is 2.32. The summed E-state index contributed by atoms with van der Waals surface area (Å²) in [6, 6.07) is 1.92. The molecule has 0 saturated heterocycles. The van der Waals surface area contributed by atoms with Gasteiger partial charge in [-0.3, -0.25) is 4.68 Å². The summed E-state index contributed by atoms with van der Waals surface area (Å²) in [5.74, 6) is 1.49. The van der Waals surface area contributed by atoms with Crippen LogP contribution in [0.3, 0.4) is 0 Å². The zero-order chi connectivity index (χ0) is 15.5. The van der Waals surface area contributed by atoms with E-state index in [9.17, 15) is 0 Å². The lowest BCUT2D eigenvalue weighted by atomic mass is 9.95. The SMILES string of the molecule is CCC(CC)(OC)c1nc(NC)cc(-c2cnn(C)c2)n1. The summed E-state index contributed by atoms with van der Waals surface area (Å²) in [6.07, 6.45) is 5.38. The minimum absolute atomic E-state index is 0.455. The molecule has 0 aliphatic heterocycles. The fraction of sp³-hybridized carbons (Fsp3) is 0.533. The molecule has 0 aliphatic carbocycles. The Morgan fingerprint density at radius 1 is 1.29 bits per heavy atom. The van der Waals surface area contributed by atoms with Crippen LogP contribution in [-0.2, 0) is 17.4 Å². The first-order chi connectivity index (χ1) is 10.1. The summed E-state index contributed by atoms with van der Waals surface area (Å²) < 4.78 is 7.51. The lowest BCUT2D eigenvalue weighted by Gasteiger charge is -2.29. The molecule has 0 spiro atoms. The summed E-state index contributed by atoms with van der Waals surface area (Å²) in [5, 5.41) is 7.30. The number of hydrogen-bond acceptors (Lipinski definition) is 5. The van der Waals surface area contributed by atoms with Crippen LogP contribution in [0.1, 0.15) is 32.5 Å². The van der Waals surface area contributed by atoms with Gasteiger partial charge in [0.25, 0.3) is 0 Å². The highest BCUT2D eigenvalue weighted by Crippen LogP contribution is 2.32. The molecule has 2 aromatic heterocycles. The van der Waals surface area contributed by atoms with Gasteiger partial charge in [-0.05, 0) is 12.8 Å². The van der Waals surface area contributed by atoms with Crippen molar-refractivity contribution in [3.05, 3.63) is 24.3 Å². The molecule has 6 heteroatoms. The van der Waals surface area contributed by atoms with Crippen LogP contribution in [0, 0.1) is 0 Å². The maximum atomic E-state index is 5.74. The Kier molecular flexibility index (Phi) is 4.57. The van der Waals surface area contributed by atoms with Crippen molar-refractivity contribution in [1.29, 1.82) is 0 Å². The normalized spacial score (nSPS) is 11.7. The highest BCUT2D eigenvalue weighted by molar-refractivity contribution is 5.61. The van der Waals surface area contributed by atoms with Crippen molar-refractivity contribution in [2.75, 3.05) is 19.5 Å². The van der Waals surface area contributed by atoms with Crippen LogP contribution in [0.25, 0.3) is 11.3 Å². The number of aromatic nitrogens is 4. The van der Waals surface area contributed by atoms with Gasteiger partial charge in [0, 0.05) is 39.0 Å². The first-order valence-electron chi connectivity index (χ1n) is 7.20. The predicted molar refractivity (Wildman–Crippen MR) is 83.0 cm³/mol. The average molecular weight is 289 g/mol. The quantitative estimate of drug-likeness (QED) is 0.885. The summed E-state index contributed by atoms with van der Waals surface area (Å²) in [7, 11) is 5.46. The summed E-state index contributed by atoms with van der Waals surface area (Å²) in [5.41, 5.74) is 1.36. The standard InChI is InChI=1S/C15H23N5O/c1-6-15(7-2,21-5)14-18-12(8-13(16-3)19-14)11-9-17-20(4)10-11/h8-10H,6-7H2,1-5H3,(H,16,18,19). The van der Waals surface area contributed by atoms with Gasteiger partial charge in [0.15, 0.2) is 5.82 Å². The van der Waals surface area contributed by atoms with Crippen molar-refractivity contribution in [2.24, 2.45) is 7.05 Å². The minimum Gasteiger partial charge on any atom is -0.373 e. The van der Waals surface area contributed by atoms with E-state index >= 15 is 0 Å². The minimum atomic E-state index is -0.455. The second-order valence-electron chi connectivity index (χ2n) is 5.02. The third kappa shape index (κ3) is 2.90. The Balaban J connectivity index is 2.57. The van der Waals surface area contributed by atoms with E-state index in [-0.39, 0.29) is 0 Å². The third-order valence-electron chi connectivity index (χ3n) is 3.92. The number of hydrogen-bond donors (Lipinski definition) is 1. The molecule has 21 heavy (non-hydrogen) atoms. The lowest BCUT2D eigenvalue weighted by molar-refractivity contribution is -0.0289. The molecule has 2 heterocycles. The van der Waals surface area contributed by atoms with E-state index in [2.05, 4.69) is 29.2 Å². The van der Waals surface area contributed by atoms with E-state index in [1.165, 1.54) is 0 Å². The summed E-state index contributed by atoms with van der Waals surface area (Å²) in [6.45, 7) is 4.18. The molecule has 0 radical (unpaired) electrons. The van der Waals surface area contributed by atoms with Crippen LogP contribution >= 0.6 is 0 Å². The predicted octanol–water partition coefficient (Wildman–Crippen LogP) is 2.58. The van der Waals surface area contributed by atoms with Gasteiger partial charge in [0.2, 0.25) is 0 Å². The number of nitrogens with zero attached hydrogens (tertiary/aromatic N) is 4. The van der Waals surface area contributed by atoms with Gasteiger partial charge in [0.05, 0.1) is 11.9 Å². The van der Waals surface area contributed by atoms with Crippen LogP contribution in [0.2, 0.25) is 0 Å². The van der Waals surface area contributed by atoms with Crippen molar-refractivity contribution in [3.8, 4) is 11.3 Å². The summed E-state index contributed by atoms with van der Waals surface area (Å²) in [4.78, 5) is 9.32. The smallest absolute Gasteiger partial charge is 0.163 e. The Morgan fingerprint density at radius 3 is 2.48 bits per heavy atom. The van der Waals surface area contributed by atoms with Gasteiger partial charge < -0.3 is 10.1 Å². The second-order valence-corrected chi connectivity index (χ2v) is 5.02. The molecule has 0 fully saturated rings. The van der Waals surface area contributed by atoms with E-state index in [1.54, 1.807) is 18.0 Å². The van der Waals surface area contributed by atoms with Crippen molar-refractivity contribution in [2.45, 2.75) is 32.3 Å². The van der Waals surface area contributed by atoms with Gasteiger partial charge >= 0.3 is 0 Å². The van der Waals surface area contributed by atoms with E-state index in [4.69, 9.17) is 9.72 Å². The molecule has 0 amide bonds. The molecule has 0 aliphatic rings. The number of rotatable bonds is 6. The van der Waals surface area contributed by atoms with Gasteiger partial charge in [-0.15, -0.1) is 0 Å². The molecule has 0 unspecified atom stereocenters. The van der Waals surface area contributed by atoms with Crippen molar-refractivity contribution < 1.29 is 4.74 Å². The largest absolute Gasteiger partial charge is 0.373 e. The number of aryl methyl sites for hydroxylation is 1. The van der Waals surface area contributed by atoms with E-state index < -0.39 is 5.60 Å². The maximum Gasteiger partial charge on any atom is 0.163 e. The van der Waals surface area contributed by atoms with Gasteiger partial charge in [0.1, 0.15) is 11.4 Å². The van der Waals surface area contributed by atoms with Gasteiger partial charge in [-0.25, -0.2) is 9.97 Å². The zero-order valence-electron chi connectivity index (χ0n) is 13.3. The lowest BCUT2D eigenvalue weighted by Crippen LogP contribution is -2.29. The van der Waals surface area contributed by atoms with E-state index in [0.29, 0.717) is 5.82 Å². The molecule has 0 atom stereocenters. The molecule has 0 bridgehead atoms. The first kappa shape index (κ1) is 15.4. The third-order valence-corrected chi connectivity index (χ3v) is 3.92. The molecule has 2 aromatic rings. The molecule has 6 nitrogen and oxygen atoms in total. The van der Waals surface area contributed by atoms with Crippen LogP contribution in [0.15, 0.2) is 18.5 Å².